The van der Waals surface area contributed by atoms with Gasteiger partial charge in [-0.25, -0.2) is 0 Å². The summed E-state index contributed by atoms with van der Waals surface area (Å²) in [4.78, 5) is 0. The fourth-order valence-corrected chi connectivity index (χ4v) is 19.7. The molecule has 0 heterocycles. The molecule has 0 aliphatic rings. The van der Waals surface area contributed by atoms with Crippen molar-refractivity contribution in [3.8, 4) is 0 Å². The molecule has 0 N–H and O–H groups in total. The van der Waals surface area contributed by atoms with E-state index in [1.54, 1.807) is 0 Å². The van der Waals surface area contributed by atoms with Crippen LogP contribution in [0.25, 0.3) is 0 Å². The van der Waals surface area contributed by atoms with Crippen molar-refractivity contribution >= 4 is 0 Å². The summed E-state index contributed by atoms with van der Waals surface area (Å²) in [7, 11) is 0. The van der Waals surface area contributed by atoms with Crippen LogP contribution >= 0.6 is 0 Å². The minimum absolute atomic E-state index is 0.854. The lowest BCUT2D eigenvalue weighted by Crippen LogP contribution is -2.05. The summed E-state index contributed by atoms with van der Waals surface area (Å²) in [6.07, 6.45) is 91.8. The van der Waals surface area contributed by atoms with Crippen molar-refractivity contribution in [2.75, 3.05) is 0 Å². The minimum atomic E-state index is 0.854. The van der Waals surface area contributed by atoms with Crippen LogP contribution in [0.4, 0.5) is 0 Å². The Bertz CT molecular complexity index is 1910. The summed E-state index contributed by atoms with van der Waals surface area (Å²) >= 11 is 0. The molecule has 18 atom stereocenters. The minimum Gasteiger partial charge on any atom is -0.0654 e. The van der Waals surface area contributed by atoms with Gasteiger partial charge < -0.3 is 0 Å². The Hall–Kier alpha value is 0. The molecule has 126 heavy (non-hydrogen) atoms. The molecule has 0 aromatic rings. The van der Waals surface area contributed by atoms with Crippen molar-refractivity contribution in [3.63, 3.8) is 0 Å². The lowest BCUT2D eigenvalue weighted by atomic mass is 9.88. The number of hydrogen-bond acceptors (Lipinski definition) is 0. The fraction of sp³-hybridized carbons (Fsp3) is 1.00. The van der Waals surface area contributed by atoms with Gasteiger partial charge in [0.05, 0.1) is 0 Å². The van der Waals surface area contributed by atoms with E-state index in [9.17, 15) is 0 Å². The smallest absolute Gasteiger partial charge is 0.0417 e. The molecule has 0 nitrogen and oxygen atoms in total. The van der Waals surface area contributed by atoms with Gasteiger partial charge in [-0.3, -0.25) is 0 Å². The standard InChI is InChI=1S/6C21H44/c1-17(2)11-8-12-19(5)13-9-14-20(6)15-10-16-21(7)18(3)4;1-7-11-19(4)14-9-15-21(6)17-10-16-20(5)13-8-12-18(2)3;1-7-19(5)13-10-14-20(6)15-11-17-21(8-2)16-9-12-18(3)4;1-7-19(5)13-10-16-21(8-2)17-11-15-20(6)14-9-12-18(3)4;1-7-18(3)12-9-14-20(5)16-11-17-21(6)15-10-13-19(4)8-2;1-7-21(8-2)17-11-16-20(6)15-10-14-19(5)13-9-12-18(3)4/h17-21H,8-16H2,1-7H3;5*18-21H,7-17H2,1-6H3. The van der Waals surface area contributed by atoms with Crippen LogP contribution in [-0.4, -0.2) is 0 Å². The van der Waals surface area contributed by atoms with Gasteiger partial charge in [0, 0.05) is 0 Å². The Balaban J connectivity index is -0.000000343. The Morgan fingerprint density at radius 3 is 0.381 bits per heavy atom. The monoisotopic (exact) mass is 1780 g/mol. The molecular weight excluding hydrogens is 1510 g/mol. The third-order valence-electron chi connectivity index (χ3n) is 32.1. The molecule has 0 aromatic carbocycles. The van der Waals surface area contributed by atoms with E-state index in [4.69, 9.17) is 0 Å². The van der Waals surface area contributed by atoms with Crippen molar-refractivity contribution in [2.24, 2.45) is 148 Å². The maximum Gasteiger partial charge on any atom is -0.0417 e. The maximum atomic E-state index is 2.47. The first kappa shape index (κ1) is 137. The molecule has 0 rings (SSSR count). The van der Waals surface area contributed by atoms with E-state index in [-0.39, 0.29) is 0 Å². The second-order valence-corrected chi connectivity index (χ2v) is 49.2. The molecule has 0 spiro atoms. The molecule has 0 amide bonds. The molecule has 0 aliphatic carbocycles. The van der Waals surface area contributed by atoms with Crippen molar-refractivity contribution in [1.82, 2.24) is 0 Å². The van der Waals surface area contributed by atoms with Gasteiger partial charge in [-0.15, -0.1) is 0 Å². The van der Waals surface area contributed by atoms with Crippen molar-refractivity contribution in [3.05, 3.63) is 0 Å². The Kier molecular flexibility index (Phi) is 108. The third kappa shape index (κ3) is 109. The van der Waals surface area contributed by atoms with Crippen molar-refractivity contribution in [1.29, 1.82) is 0 Å². The van der Waals surface area contributed by atoms with Crippen LogP contribution in [0.1, 0.15) is 667 Å². The highest BCUT2D eigenvalue weighted by Gasteiger charge is 2.17. The Morgan fingerprint density at radius 2 is 0.238 bits per heavy atom. The van der Waals surface area contributed by atoms with Crippen molar-refractivity contribution < 1.29 is 0 Å². The number of hydrogen-bond donors (Lipinski definition) is 0. The normalized spacial score (nSPS) is 16.2. The zero-order chi connectivity index (χ0) is 96.7. The molecule has 0 radical (unpaired) electrons. The van der Waals surface area contributed by atoms with E-state index in [2.05, 4.69) is 256 Å². The summed E-state index contributed by atoms with van der Waals surface area (Å²) < 4.78 is 0. The summed E-state index contributed by atoms with van der Waals surface area (Å²) in [5.41, 5.74) is 0. The van der Waals surface area contributed by atoms with Crippen LogP contribution in [-0.2, 0) is 0 Å². The highest BCUT2D eigenvalue weighted by Crippen LogP contribution is 2.32. The van der Waals surface area contributed by atoms with Crippen LogP contribution < -0.4 is 0 Å². The molecule has 0 bridgehead atoms. The van der Waals surface area contributed by atoms with Gasteiger partial charge in [0.25, 0.3) is 0 Å². The molecule has 18 unspecified atom stereocenters. The van der Waals surface area contributed by atoms with Crippen LogP contribution in [0.5, 0.6) is 0 Å². The van der Waals surface area contributed by atoms with Gasteiger partial charge in [-0.1, -0.05) is 667 Å². The average molecular weight is 1780 g/mol. The summed E-state index contributed by atoms with van der Waals surface area (Å²) in [5.74, 6) is 23.3. The summed E-state index contributed by atoms with van der Waals surface area (Å²) in [6.45, 7) is 88.2. The lowest BCUT2D eigenvalue weighted by molar-refractivity contribution is 0.346. The fourth-order valence-electron chi connectivity index (χ4n) is 19.7. The second kappa shape index (κ2) is 99.5. The molecule has 0 fully saturated rings. The summed E-state index contributed by atoms with van der Waals surface area (Å²) in [6, 6.07) is 0. The molecule has 0 saturated heterocycles. The van der Waals surface area contributed by atoms with E-state index in [0.717, 1.165) is 148 Å². The molecule has 768 valence electrons. The van der Waals surface area contributed by atoms with E-state index in [1.165, 1.54) is 411 Å². The summed E-state index contributed by atoms with van der Waals surface area (Å²) in [5, 5.41) is 0. The van der Waals surface area contributed by atoms with Gasteiger partial charge in [-0.05, 0) is 148 Å². The first-order chi connectivity index (χ1) is 59.7. The van der Waals surface area contributed by atoms with Crippen LogP contribution in [0.2, 0.25) is 0 Å². The van der Waals surface area contributed by atoms with E-state index in [0.29, 0.717) is 0 Å². The highest BCUT2D eigenvalue weighted by atomic mass is 14.2. The zero-order valence-electron chi connectivity index (χ0n) is 96.7. The largest absolute Gasteiger partial charge is 0.0654 e. The van der Waals surface area contributed by atoms with Crippen LogP contribution in [0.15, 0.2) is 0 Å². The van der Waals surface area contributed by atoms with Crippen LogP contribution in [0, 0.1) is 148 Å². The highest BCUT2D eigenvalue weighted by molar-refractivity contribution is 4.70. The van der Waals surface area contributed by atoms with Crippen molar-refractivity contribution in [2.45, 2.75) is 667 Å². The quantitative estimate of drug-likeness (QED) is 0.0569. The average Bonchev–Trinajstić information content (AvgIpc) is 0.864. The lowest BCUT2D eigenvalue weighted by Gasteiger charge is -2.18. The van der Waals surface area contributed by atoms with Gasteiger partial charge in [0.1, 0.15) is 0 Å². The predicted octanol–water partition coefficient (Wildman–Crippen LogP) is 47.0. The molecule has 0 aromatic heterocycles. The van der Waals surface area contributed by atoms with E-state index in [1.807, 2.05) is 0 Å². The topological polar surface area (TPSA) is 0 Å². The molecular formula is C126H264. The van der Waals surface area contributed by atoms with Gasteiger partial charge in [0.15, 0.2) is 0 Å². The maximum absolute atomic E-state index is 2.47. The van der Waals surface area contributed by atoms with Crippen LogP contribution in [0.3, 0.4) is 0 Å². The van der Waals surface area contributed by atoms with Gasteiger partial charge >= 0.3 is 0 Å². The SMILES string of the molecule is CC(C)CCCC(C)CCCC(C)CCCC(C)C(C)C.CCC(C)CCCC(C)CCCC(C)CCCC(C)CC.CCC(C)CCCC(C)CCCC(CC)CCCC(C)C.CCC(C)CCCC(CC)CCCC(C)CCCC(C)C.CCC(CC)CCCC(C)CCCC(C)CCCC(C)C.CCCC(C)CCCC(C)CCCC(C)CCCC(C)C. The Labute approximate surface area is 809 Å². The number of rotatable bonds is 83. The predicted molar refractivity (Wildman–Crippen MR) is 593 cm³/mol. The molecule has 0 heteroatoms. The first-order valence-electron chi connectivity index (χ1n) is 59.7. The third-order valence-corrected chi connectivity index (χ3v) is 32.1. The first-order valence-corrected chi connectivity index (χ1v) is 59.7. The Morgan fingerprint density at radius 1 is 0.111 bits per heavy atom. The molecule has 0 aliphatic heterocycles. The zero-order valence-corrected chi connectivity index (χ0v) is 96.7. The van der Waals surface area contributed by atoms with E-state index < -0.39 is 0 Å². The second-order valence-electron chi connectivity index (χ2n) is 49.2. The van der Waals surface area contributed by atoms with Gasteiger partial charge in [-0.2, -0.15) is 0 Å². The van der Waals surface area contributed by atoms with E-state index >= 15 is 0 Å². The molecule has 0 saturated carbocycles. The van der Waals surface area contributed by atoms with Gasteiger partial charge in [0.2, 0.25) is 0 Å².